The van der Waals surface area contributed by atoms with Crippen LogP contribution >= 0.6 is 0 Å². The van der Waals surface area contributed by atoms with Crippen LogP contribution in [-0.4, -0.2) is 21.1 Å². The smallest absolute Gasteiger partial charge is 0.369 e. The second-order valence-corrected chi connectivity index (χ2v) is 4.50. The molecule has 7 heteroatoms. The van der Waals surface area contributed by atoms with Gasteiger partial charge in [-0.15, -0.1) is 0 Å². The molecule has 0 spiro atoms. The first-order valence-corrected chi connectivity index (χ1v) is 6.98. The molecule has 2 aromatic rings. The fraction of sp³-hybridized carbons (Fsp3) is 0.333. The van der Waals surface area contributed by atoms with Gasteiger partial charge in [0.15, 0.2) is 0 Å². The first-order valence-electron chi connectivity index (χ1n) is 6.98. The van der Waals surface area contributed by atoms with Crippen LogP contribution < -0.4 is 16.0 Å². The third-order valence-electron chi connectivity index (χ3n) is 3.10. The summed E-state index contributed by atoms with van der Waals surface area (Å²) < 4.78 is 12.1. The van der Waals surface area contributed by atoms with E-state index in [0.29, 0.717) is 18.8 Å². The highest BCUT2D eigenvalue weighted by Gasteiger charge is 2.19. The predicted octanol–water partition coefficient (Wildman–Crippen LogP) is 1.60. The van der Waals surface area contributed by atoms with E-state index < -0.39 is 11.2 Å². The molecule has 7 nitrogen and oxygen atoms in total. The van der Waals surface area contributed by atoms with Crippen molar-refractivity contribution in [1.29, 1.82) is 0 Å². The van der Waals surface area contributed by atoms with E-state index in [0.717, 1.165) is 4.57 Å². The quantitative estimate of drug-likeness (QED) is 0.820. The molecule has 0 aliphatic heterocycles. The van der Waals surface area contributed by atoms with Gasteiger partial charge in [-0.2, -0.15) is 0 Å². The Morgan fingerprint density at radius 2 is 1.82 bits per heavy atom. The van der Waals surface area contributed by atoms with Crippen LogP contribution in [-0.2, 0) is 17.9 Å². The zero-order valence-electron chi connectivity index (χ0n) is 12.5. The van der Waals surface area contributed by atoms with E-state index >= 15 is 0 Å². The molecule has 1 aromatic carbocycles. The van der Waals surface area contributed by atoms with Gasteiger partial charge in [-0.05, 0) is 25.5 Å². The number of nitrogens with zero attached hydrogens (tertiary/aromatic N) is 2. The van der Waals surface area contributed by atoms with Gasteiger partial charge in [0.05, 0.1) is 5.56 Å². The standard InChI is InChI=1S/C15H18N2O5/c1-3-12-13(18)17(20)15(19)16(10-21-4-2)14(12)22-11-8-6-5-7-9-11/h5-9,20H,3-4,10H2,1-2H3. The lowest BCUT2D eigenvalue weighted by Gasteiger charge is -2.16. The molecule has 2 rings (SSSR count). The SMILES string of the molecule is CCOCn1c(Oc2ccccc2)c(CC)c(=O)n(O)c1=O. The number of benzene rings is 1. The minimum absolute atomic E-state index is 0.0791. The lowest BCUT2D eigenvalue weighted by Crippen LogP contribution is -2.41. The molecule has 1 aromatic heterocycles. The van der Waals surface area contributed by atoms with Gasteiger partial charge in [-0.1, -0.05) is 29.9 Å². The molecule has 22 heavy (non-hydrogen) atoms. The van der Waals surface area contributed by atoms with E-state index in [1.807, 2.05) is 6.07 Å². The number of rotatable bonds is 6. The minimum Gasteiger partial charge on any atom is -0.440 e. The van der Waals surface area contributed by atoms with Gasteiger partial charge >= 0.3 is 5.69 Å². The number of ether oxygens (including phenoxy) is 2. The zero-order chi connectivity index (χ0) is 16.1. The second kappa shape index (κ2) is 6.95. The summed E-state index contributed by atoms with van der Waals surface area (Å²) in [7, 11) is 0. The normalized spacial score (nSPS) is 10.6. The van der Waals surface area contributed by atoms with Crippen molar-refractivity contribution < 1.29 is 14.7 Å². The zero-order valence-corrected chi connectivity index (χ0v) is 12.5. The van der Waals surface area contributed by atoms with E-state index in [1.54, 1.807) is 38.1 Å². The largest absolute Gasteiger partial charge is 0.440 e. The summed E-state index contributed by atoms with van der Waals surface area (Å²) in [6, 6.07) is 8.80. The van der Waals surface area contributed by atoms with Crippen LogP contribution in [0.1, 0.15) is 19.4 Å². The number of aromatic nitrogens is 2. The number of hydrogen-bond acceptors (Lipinski definition) is 5. The molecule has 0 saturated heterocycles. The summed E-state index contributed by atoms with van der Waals surface area (Å²) in [5.74, 6) is 0.569. The molecular formula is C15H18N2O5. The van der Waals surface area contributed by atoms with Crippen molar-refractivity contribution in [3.8, 4) is 11.6 Å². The Morgan fingerprint density at radius 1 is 1.14 bits per heavy atom. The van der Waals surface area contributed by atoms with Crippen molar-refractivity contribution in [1.82, 2.24) is 9.30 Å². The van der Waals surface area contributed by atoms with Gasteiger partial charge in [0, 0.05) is 6.61 Å². The van der Waals surface area contributed by atoms with Crippen LogP contribution in [0.25, 0.3) is 0 Å². The summed E-state index contributed by atoms with van der Waals surface area (Å²) in [4.78, 5) is 24.1. The molecule has 0 unspecified atom stereocenters. The van der Waals surface area contributed by atoms with E-state index in [4.69, 9.17) is 9.47 Å². The monoisotopic (exact) mass is 306 g/mol. The average molecular weight is 306 g/mol. The van der Waals surface area contributed by atoms with E-state index in [2.05, 4.69) is 0 Å². The summed E-state index contributed by atoms with van der Waals surface area (Å²) in [6.07, 6.45) is 0.300. The first kappa shape index (κ1) is 15.8. The lowest BCUT2D eigenvalue weighted by atomic mass is 10.2. The highest BCUT2D eigenvalue weighted by molar-refractivity contribution is 5.31. The van der Waals surface area contributed by atoms with Crippen molar-refractivity contribution in [2.75, 3.05) is 6.61 Å². The van der Waals surface area contributed by atoms with Crippen LogP contribution in [0.3, 0.4) is 0 Å². The molecule has 0 atom stereocenters. The molecule has 1 heterocycles. The molecule has 0 aliphatic rings. The molecule has 1 N–H and O–H groups in total. The summed E-state index contributed by atoms with van der Waals surface area (Å²) in [5.41, 5.74) is -1.49. The topological polar surface area (TPSA) is 82.7 Å². The van der Waals surface area contributed by atoms with E-state index in [1.165, 1.54) is 0 Å². The van der Waals surface area contributed by atoms with Gasteiger partial charge in [0.2, 0.25) is 5.88 Å². The van der Waals surface area contributed by atoms with Gasteiger partial charge in [-0.25, -0.2) is 9.36 Å². The Morgan fingerprint density at radius 3 is 2.41 bits per heavy atom. The Hall–Kier alpha value is -2.54. The maximum absolute atomic E-state index is 12.1. The van der Waals surface area contributed by atoms with E-state index in [9.17, 15) is 14.8 Å². The lowest BCUT2D eigenvalue weighted by molar-refractivity contribution is 0.0662. The third-order valence-corrected chi connectivity index (χ3v) is 3.10. The second-order valence-electron chi connectivity index (χ2n) is 4.50. The molecule has 118 valence electrons. The maximum Gasteiger partial charge on any atom is 0.369 e. The first-order chi connectivity index (χ1) is 10.6. The molecule has 0 amide bonds. The molecule has 0 bridgehead atoms. The van der Waals surface area contributed by atoms with Crippen molar-refractivity contribution in [2.24, 2.45) is 0 Å². The van der Waals surface area contributed by atoms with Crippen LogP contribution in [0.5, 0.6) is 11.6 Å². The molecule has 0 radical (unpaired) electrons. The summed E-state index contributed by atoms with van der Waals surface area (Å²) in [5, 5.41) is 9.65. The Kier molecular flexibility index (Phi) is 5.00. The van der Waals surface area contributed by atoms with Gasteiger partial charge < -0.3 is 14.7 Å². The highest BCUT2D eigenvalue weighted by atomic mass is 16.5. The molecule has 0 saturated carbocycles. The average Bonchev–Trinajstić information content (AvgIpc) is 2.54. The van der Waals surface area contributed by atoms with Crippen molar-refractivity contribution in [2.45, 2.75) is 27.0 Å². The van der Waals surface area contributed by atoms with Crippen LogP contribution in [0.4, 0.5) is 0 Å². The number of hydrogen-bond donors (Lipinski definition) is 1. The Labute approximate surface area is 126 Å². The Balaban J connectivity index is 2.62. The fourth-order valence-electron chi connectivity index (χ4n) is 1.99. The van der Waals surface area contributed by atoms with Crippen molar-refractivity contribution in [3.63, 3.8) is 0 Å². The maximum atomic E-state index is 12.1. The Bertz CT molecular complexity index is 749. The molecule has 0 aliphatic carbocycles. The van der Waals surface area contributed by atoms with Crippen molar-refractivity contribution in [3.05, 3.63) is 56.7 Å². The van der Waals surface area contributed by atoms with Crippen LogP contribution in [0.2, 0.25) is 0 Å². The van der Waals surface area contributed by atoms with Crippen LogP contribution in [0, 0.1) is 0 Å². The predicted molar refractivity (Wildman–Crippen MR) is 79.7 cm³/mol. The van der Waals surface area contributed by atoms with Gasteiger partial charge in [0.25, 0.3) is 5.56 Å². The highest BCUT2D eigenvalue weighted by Crippen LogP contribution is 2.22. The molecular weight excluding hydrogens is 288 g/mol. The van der Waals surface area contributed by atoms with Crippen LogP contribution in [0.15, 0.2) is 39.9 Å². The minimum atomic E-state index is -0.901. The fourth-order valence-corrected chi connectivity index (χ4v) is 1.99. The van der Waals surface area contributed by atoms with E-state index in [-0.39, 0.29) is 22.9 Å². The third kappa shape index (κ3) is 3.04. The summed E-state index contributed by atoms with van der Waals surface area (Å²) >= 11 is 0. The van der Waals surface area contributed by atoms with Crippen molar-refractivity contribution >= 4 is 0 Å². The summed E-state index contributed by atoms with van der Waals surface area (Å²) in [6.45, 7) is 3.77. The van der Waals surface area contributed by atoms with Gasteiger partial charge in [0.1, 0.15) is 12.5 Å². The van der Waals surface area contributed by atoms with Gasteiger partial charge in [-0.3, -0.25) is 4.79 Å². The molecule has 0 fully saturated rings. The number of para-hydroxylation sites is 1.